The summed E-state index contributed by atoms with van der Waals surface area (Å²) in [5.41, 5.74) is 1.17. The van der Waals surface area contributed by atoms with Crippen LogP contribution in [0.15, 0.2) is 6.20 Å². The smallest absolute Gasteiger partial charge is 0.0741 e. The molecule has 0 spiro atoms. The van der Waals surface area contributed by atoms with E-state index in [2.05, 4.69) is 24.2 Å². The van der Waals surface area contributed by atoms with Gasteiger partial charge in [-0.05, 0) is 17.9 Å². The first-order valence-corrected chi connectivity index (χ1v) is 4.39. The van der Waals surface area contributed by atoms with Crippen molar-refractivity contribution < 1.29 is 0 Å². The molecule has 1 heterocycles. The lowest BCUT2D eigenvalue weighted by Crippen LogP contribution is -1.97. The van der Waals surface area contributed by atoms with E-state index in [0.29, 0.717) is 5.92 Å². The molecule has 1 aromatic rings. The van der Waals surface area contributed by atoms with Crippen LogP contribution in [0.5, 0.6) is 0 Å². The SMILES string of the molecule is CSn1nncc1C(C)C. The monoisotopic (exact) mass is 157 g/mol. The fourth-order valence-corrected chi connectivity index (χ4v) is 1.33. The van der Waals surface area contributed by atoms with Crippen LogP contribution in [0.3, 0.4) is 0 Å². The van der Waals surface area contributed by atoms with Crippen molar-refractivity contribution in [3.63, 3.8) is 0 Å². The Morgan fingerprint density at radius 2 is 2.30 bits per heavy atom. The molecule has 0 bridgehead atoms. The first kappa shape index (κ1) is 7.60. The van der Waals surface area contributed by atoms with E-state index in [1.807, 2.05) is 10.3 Å². The highest BCUT2D eigenvalue weighted by atomic mass is 32.2. The van der Waals surface area contributed by atoms with E-state index in [0.717, 1.165) is 0 Å². The third-order valence-electron chi connectivity index (χ3n) is 1.31. The van der Waals surface area contributed by atoms with Gasteiger partial charge in [-0.1, -0.05) is 19.1 Å². The lowest BCUT2D eigenvalue weighted by Gasteiger charge is -2.03. The van der Waals surface area contributed by atoms with Gasteiger partial charge in [-0.2, -0.15) is 4.09 Å². The van der Waals surface area contributed by atoms with Crippen molar-refractivity contribution in [1.82, 2.24) is 14.4 Å². The van der Waals surface area contributed by atoms with Gasteiger partial charge in [0.1, 0.15) is 0 Å². The number of rotatable bonds is 2. The van der Waals surface area contributed by atoms with E-state index in [4.69, 9.17) is 0 Å². The molecule has 0 unspecified atom stereocenters. The van der Waals surface area contributed by atoms with E-state index in [1.54, 1.807) is 18.1 Å². The Morgan fingerprint density at radius 3 is 2.70 bits per heavy atom. The van der Waals surface area contributed by atoms with Gasteiger partial charge in [0, 0.05) is 6.26 Å². The Balaban J connectivity index is 2.90. The minimum absolute atomic E-state index is 0.502. The molecule has 0 fully saturated rings. The Kier molecular flexibility index (Phi) is 2.32. The molecule has 0 saturated heterocycles. The van der Waals surface area contributed by atoms with Crippen LogP contribution in [0.1, 0.15) is 25.5 Å². The van der Waals surface area contributed by atoms with Crippen LogP contribution >= 0.6 is 11.9 Å². The van der Waals surface area contributed by atoms with Gasteiger partial charge in [-0.15, -0.1) is 5.10 Å². The minimum Gasteiger partial charge on any atom is -0.191 e. The molecule has 0 atom stereocenters. The van der Waals surface area contributed by atoms with Gasteiger partial charge in [0.25, 0.3) is 0 Å². The summed E-state index contributed by atoms with van der Waals surface area (Å²) < 4.78 is 1.84. The standard InChI is InChI=1S/C6H11N3S/c1-5(2)6-4-7-8-9(6)10-3/h4-5H,1-3H3. The van der Waals surface area contributed by atoms with Crippen molar-refractivity contribution in [2.75, 3.05) is 6.26 Å². The molecule has 1 aromatic heterocycles. The number of hydrogen-bond donors (Lipinski definition) is 0. The molecule has 10 heavy (non-hydrogen) atoms. The van der Waals surface area contributed by atoms with E-state index >= 15 is 0 Å². The quantitative estimate of drug-likeness (QED) is 0.652. The second-order valence-corrected chi connectivity index (χ2v) is 3.08. The van der Waals surface area contributed by atoms with Crippen LogP contribution in [0.25, 0.3) is 0 Å². The zero-order chi connectivity index (χ0) is 7.56. The molecule has 0 aliphatic carbocycles. The molecule has 0 amide bonds. The average Bonchev–Trinajstić information content (AvgIpc) is 2.33. The summed E-state index contributed by atoms with van der Waals surface area (Å²) in [6, 6.07) is 0. The molecule has 56 valence electrons. The van der Waals surface area contributed by atoms with Gasteiger partial charge in [-0.25, -0.2) is 0 Å². The van der Waals surface area contributed by atoms with Crippen LogP contribution in [0.2, 0.25) is 0 Å². The van der Waals surface area contributed by atoms with Gasteiger partial charge in [0.15, 0.2) is 0 Å². The highest BCUT2D eigenvalue weighted by Crippen LogP contribution is 2.14. The molecule has 0 aromatic carbocycles. The normalized spacial score (nSPS) is 10.8. The van der Waals surface area contributed by atoms with Gasteiger partial charge in [0.2, 0.25) is 0 Å². The van der Waals surface area contributed by atoms with Crippen LogP contribution < -0.4 is 0 Å². The van der Waals surface area contributed by atoms with Crippen molar-refractivity contribution in [2.24, 2.45) is 0 Å². The van der Waals surface area contributed by atoms with E-state index in [9.17, 15) is 0 Å². The summed E-state index contributed by atoms with van der Waals surface area (Å²) >= 11 is 1.57. The van der Waals surface area contributed by atoms with Crippen LogP contribution in [0, 0.1) is 0 Å². The largest absolute Gasteiger partial charge is 0.191 e. The second-order valence-electron chi connectivity index (χ2n) is 2.37. The van der Waals surface area contributed by atoms with Crippen molar-refractivity contribution >= 4 is 11.9 Å². The third-order valence-corrected chi connectivity index (χ3v) is 1.94. The maximum atomic E-state index is 3.89. The van der Waals surface area contributed by atoms with Crippen molar-refractivity contribution in [2.45, 2.75) is 19.8 Å². The maximum Gasteiger partial charge on any atom is 0.0741 e. The van der Waals surface area contributed by atoms with E-state index in [-0.39, 0.29) is 0 Å². The molecule has 1 rings (SSSR count). The minimum atomic E-state index is 0.502. The predicted octanol–water partition coefficient (Wildman–Crippen LogP) is 1.53. The van der Waals surface area contributed by atoms with Gasteiger partial charge >= 0.3 is 0 Å². The molecular formula is C6H11N3S. The first-order chi connectivity index (χ1) is 4.75. The van der Waals surface area contributed by atoms with Crippen molar-refractivity contribution in [3.05, 3.63) is 11.9 Å². The lowest BCUT2D eigenvalue weighted by atomic mass is 10.2. The number of nitrogens with zero attached hydrogens (tertiary/aromatic N) is 3. The van der Waals surface area contributed by atoms with Crippen LogP contribution in [-0.4, -0.2) is 20.7 Å². The molecule has 0 radical (unpaired) electrons. The molecule has 3 nitrogen and oxygen atoms in total. The molecule has 0 N–H and O–H groups in total. The fourth-order valence-electron chi connectivity index (χ4n) is 0.745. The zero-order valence-corrected chi connectivity index (χ0v) is 7.22. The Labute approximate surface area is 64.9 Å². The number of hydrogen-bond acceptors (Lipinski definition) is 3. The number of aromatic nitrogens is 3. The summed E-state index contributed by atoms with van der Waals surface area (Å²) in [6.45, 7) is 4.26. The lowest BCUT2D eigenvalue weighted by molar-refractivity contribution is 0.775. The van der Waals surface area contributed by atoms with Gasteiger partial charge < -0.3 is 0 Å². The summed E-state index contributed by atoms with van der Waals surface area (Å²) in [5.74, 6) is 0.502. The van der Waals surface area contributed by atoms with Crippen molar-refractivity contribution in [3.8, 4) is 0 Å². The Bertz CT molecular complexity index is 207. The van der Waals surface area contributed by atoms with Gasteiger partial charge in [0.05, 0.1) is 11.9 Å². The summed E-state index contributed by atoms with van der Waals surface area (Å²) in [6.07, 6.45) is 3.79. The zero-order valence-electron chi connectivity index (χ0n) is 6.40. The van der Waals surface area contributed by atoms with Gasteiger partial charge in [-0.3, -0.25) is 0 Å². The predicted molar refractivity (Wildman–Crippen MR) is 43.0 cm³/mol. The molecule has 0 saturated carbocycles. The van der Waals surface area contributed by atoms with E-state index in [1.165, 1.54) is 5.69 Å². The molecule has 0 aliphatic heterocycles. The third kappa shape index (κ3) is 1.31. The Morgan fingerprint density at radius 1 is 1.60 bits per heavy atom. The molecule has 4 heteroatoms. The highest BCUT2D eigenvalue weighted by Gasteiger charge is 2.05. The van der Waals surface area contributed by atoms with Crippen LogP contribution in [0.4, 0.5) is 0 Å². The maximum absolute atomic E-state index is 3.89. The Hall–Kier alpha value is -0.510. The molecule has 0 aliphatic rings. The summed E-state index contributed by atoms with van der Waals surface area (Å²) in [7, 11) is 0. The van der Waals surface area contributed by atoms with Crippen molar-refractivity contribution in [1.29, 1.82) is 0 Å². The summed E-state index contributed by atoms with van der Waals surface area (Å²) in [4.78, 5) is 0. The summed E-state index contributed by atoms with van der Waals surface area (Å²) in [5, 5.41) is 7.69. The fraction of sp³-hybridized carbons (Fsp3) is 0.667. The highest BCUT2D eigenvalue weighted by molar-refractivity contribution is 7.97. The van der Waals surface area contributed by atoms with E-state index < -0.39 is 0 Å². The first-order valence-electron chi connectivity index (χ1n) is 3.20. The average molecular weight is 157 g/mol. The topological polar surface area (TPSA) is 30.7 Å². The second kappa shape index (κ2) is 3.05. The molecular weight excluding hydrogens is 146 g/mol. The van der Waals surface area contributed by atoms with Crippen LogP contribution in [-0.2, 0) is 0 Å².